The Morgan fingerprint density at radius 1 is 1.25 bits per heavy atom. The molecule has 0 aliphatic carbocycles. The maximum atomic E-state index is 12.9. The molecule has 7 heteroatoms. The summed E-state index contributed by atoms with van der Waals surface area (Å²) >= 11 is 3.10. The second kappa shape index (κ2) is 5.63. The quantitative estimate of drug-likeness (QED) is 0.722. The van der Waals surface area contributed by atoms with Crippen LogP contribution in [0.1, 0.15) is 26.3 Å². The molecule has 0 fully saturated rings. The van der Waals surface area contributed by atoms with Gasteiger partial charge in [-0.1, -0.05) is 15.9 Å². The first-order valence-corrected chi connectivity index (χ1v) is 6.54. The molecule has 0 atom stereocenters. The van der Waals surface area contributed by atoms with Crippen LogP contribution in [0.5, 0.6) is 0 Å². The maximum Gasteiger partial charge on any atom is 0.418 e. The summed E-state index contributed by atoms with van der Waals surface area (Å²) < 4.78 is 44.3. The number of anilines is 1. The minimum atomic E-state index is -4.55. The van der Waals surface area contributed by atoms with Crippen molar-refractivity contribution in [3.8, 4) is 0 Å². The van der Waals surface area contributed by atoms with Crippen molar-refractivity contribution in [3.63, 3.8) is 0 Å². The molecule has 0 heterocycles. The van der Waals surface area contributed by atoms with E-state index < -0.39 is 23.4 Å². The highest BCUT2D eigenvalue weighted by atomic mass is 79.9. The van der Waals surface area contributed by atoms with Crippen LogP contribution in [0.15, 0.2) is 22.7 Å². The Balaban J connectivity index is 3.18. The van der Waals surface area contributed by atoms with Crippen molar-refractivity contribution in [3.05, 3.63) is 28.2 Å². The first-order valence-electron chi connectivity index (χ1n) is 5.75. The molecule has 0 bridgehead atoms. The Morgan fingerprint density at radius 2 is 1.80 bits per heavy atom. The Morgan fingerprint density at radius 3 is 2.25 bits per heavy atom. The molecule has 0 N–H and O–H groups in total. The summed E-state index contributed by atoms with van der Waals surface area (Å²) in [4.78, 5) is 12.7. The van der Waals surface area contributed by atoms with Crippen LogP contribution in [0, 0.1) is 0 Å². The number of ether oxygens (including phenoxy) is 1. The van der Waals surface area contributed by atoms with Gasteiger partial charge in [-0.3, -0.25) is 4.90 Å². The number of nitrogens with zero attached hydrogens (tertiary/aromatic N) is 1. The van der Waals surface area contributed by atoms with Crippen LogP contribution in [0.3, 0.4) is 0 Å². The zero-order valence-electron chi connectivity index (χ0n) is 11.5. The number of halogens is 4. The molecule has 3 nitrogen and oxygen atoms in total. The van der Waals surface area contributed by atoms with Crippen molar-refractivity contribution in [2.75, 3.05) is 11.9 Å². The summed E-state index contributed by atoms with van der Waals surface area (Å²) in [6, 6.07) is 3.42. The lowest BCUT2D eigenvalue weighted by molar-refractivity contribution is -0.137. The monoisotopic (exact) mass is 353 g/mol. The third-order valence-corrected chi connectivity index (χ3v) is 2.79. The van der Waals surface area contributed by atoms with Gasteiger partial charge in [-0.2, -0.15) is 13.2 Å². The number of amides is 1. The summed E-state index contributed by atoms with van der Waals surface area (Å²) in [6.45, 7) is 4.93. The predicted molar refractivity (Wildman–Crippen MR) is 73.8 cm³/mol. The van der Waals surface area contributed by atoms with E-state index in [4.69, 9.17) is 4.74 Å². The molecule has 1 aromatic carbocycles. The average Bonchev–Trinajstić information content (AvgIpc) is 2.23. The van der Waals surface area contributed by atoms with Crippen molar-refractivity contribution in [1.82, 2.24) is 0 Å². The van der Waals surface area contributed by atoms with Gasteiger partial charge in [0.1, 0.15) is 5.60 Å². The van der Waals surface area contributed by atoms with Crippen molar-refractivity contribution >= 4 is 27.7 Å². The number of hydrogen-bond acceptors (Lipinski definition) is 2. The van der Waals surface area contributed by atoms with Gasteiger partial charge in [-0.15, -0.1) is 0 Å². The van der Waals surface area contributed by atoms with Crippen LogP contribution in [0.25, 0.3) is 0 Å². The molecular formula is C13H15BrF3NO2. The SMILES string of the molecule is CN(C(=O)OC(C)(C)C)c1cc(Br)ccc1C(F)(F)F. The third-order valence-electron chi connectivity index (χ3n) is 2.29. The Bertz CT molecular complexity index is 509. The minimum absolute atomic E-state index is 0.263. The van der Waals surface area contributed by atoms with E-state index in [1.54, 1.807) is 20.8 Å². The zero-order valence-corrected chi connectivity index (χ0v) is 13.1. The summed E-state index contributed by atoms with van der Waals surface area (Å²) in [7, 11) is 1.24. The maximum absolute atomic E-state index is 12.9. The highest BCUT2D eigenvalue weighted by molar-refractivity contribution is 9.10. The van der Waals surface area contributed by atoms with Gasteiger partial charge >= 0.3 is 12.3 Å². The van der Waals surface area contributed by atoms with Crippen molar-refractivity contribution in [2.45, 2.75) is 32.5 Å². The number of carbonyl (C=O) groups is 1. The van der Waals surface area contributed by atoms with E-state index in [9.17, 15) is 18.0 Å². The van der Waals surface area contributed by atoms with Crippen molar-refractivity contribution in [2.24, 2.45) is 0 Å². The second-order valence-electron chi connectivity index (χ2n) is 5.20. The van der Waals surface area contributed by atoms with Gasteiger partial charge in [0.05, 0.1) is 11.3 Å². The zero-order chi connectivity index (χ0) is 15.7. The summed E-state index contributed by atoms with van der Waals surface area (Å²) in [6.07, 6.45) is -5.40. The van der Waals surface area contributed by atoms with E-state index >= 15 is 0 Å². The summed E-state index contributed by atoms with van der Waals surface area (Å²) in [5.41, 5.74) is -1.94. The fourth-order valence-electron chi connectivity index (χ4n) is 1.45. The first kappa shape index (κ1) is 16.8. The highest BCUT2D eigenvalue weighted by Gasteiger charge is 2.36. The molecule has 0 spiro atoms. The van der Waals surface area contributed by atoms with Crippen LogP contribution in [0.4, 0.5) is 23.7 Å². The number of benzene rings is 1. The van der Waals surface area contributed by atoms with Crippen molar-refractivity contribution < 1.29 is 22.7 Å². The molecule has 112 valence electrons. The predicted octanol–water partition coefficient (Wildman–Crippen LogP) is 4.84. The van der Waals surface area contributed by atoms with Crippen molar-refractivity contribution in [1.29, 1.82) is 0 Å². The summed E-state index contributed by atoms with van der Waals surface area (Å²) in [5, 5.41) is 0. The van der Waals surface area contributed by atoms with Crippen LogP contribution < -0.4 is 4.90 Å². The minimum Gasteiger partial charge on any atom is -0.443 e. The molecule has 0 aliphatic heterocycles. The standard InChI is InChI=1S/C13H15BrF3NO2/c1-12(2,3)20-11(19)18(4)10-7-8(14)5-6-9(10)13(15,16)17/h5-7H,1-4H3. The lowest BCUT2D eigenvalue weighted by Crippen LogP contribution is -2.35. The van der Waals surface area contributed by atoms with Crippen LogP contribution in [-0.2, 0) is 10.9 Å². The van der Waals surface area contributed by atoms with Crippen LogP contribution >= 0.6 is 15.9 Å². The first-order chi connectivity index (χ1) is 8.92. The summed E-state index contributed by atoms with van der Waals surface area (Å²) in [5.74, 6) is 0. The van der Waals surface area contributed by atoms with E-state index in [0.717, 1.165) is 11.0 Å². The average molecular weight is 354 g/mol. The van der Waals surface area contributed by atoms with Crippen LogP contribution in [0.2, 0.25) is 0 Å². The molecule has 20 heavy (non-hydrogen) atoms. The smallest absolute Gasteiger partial charge is 0.418 e. The van der Waals surface area contributed by atoms with E-state index in [2.05, 4.69) is 15.9 Å². The van der Waals surface area contributed by atoms with E-state index in [1.807, 2.05) is 0 Å². The molecule has 0 radical (unpaired) electrons. The van der Waals surface area contributed by atoms with Gasteiger partial charge in [0, 0.05) is 11.5 Å². The largest absolute Gasteiger partial charge is 0.443 e. The number of hydrogen-bond donors (Lipinski definition) is 0. The molecule has 1 aromatic rings. The topological polar surface area (TPSA) is 29.5 Å². The molecule has 1 amide bonds. The molecule has 0 saturated carbocycles. The van der Waals surface area contributed by atoms with Gasteiger partial charge in [0.2, 0.25) is 0 Å². The molecule has 0 aromatic heterocycles. The lowest BCUT2D eigenvalue weighted by Gasteiger charge is -2.26. The number of alkyl halides is 3. The fraction of sp³-hybridized carbons (Fsp3) is 0.462. The Labute approximate surface area is 123 Å². The fourth-order valence-corrected chi connectivity index (χ4v) is 1.80. The second-order valence-corrected chi connectivity index (χ2v) is 6.11. The van der Waals surface area contributed by atoms with Gasteiger partial charge in [0.25, 0.3) is 0 Å². The molecular weight excluding hydrogens is 339 g/mol. The molecule has 0 aliphatic rings. The number of rotatable bonds is 1. The van der Waals surface area contributed by atoms with Gasteiger partial charge in [0.15, 0.2) is 0 Å². The van der Waals surface area contributed by atoms with E-state index in [0.29, 0.717) is 4.47 Å². The van der Waals surface area contributed by atoms with Crippen LogP contribution in [-0.4, -0.2) is 18.7 Å². The Hall–Kier alpha value is -1.24. The molecule has 1 rings (SSSR count). The lowest BCUT2D eigenvalue weighted by atomic mass is 10.1. The third kappa shape index (κ3) is 4.40. The van der Waals surface area contributed by atoms with Gasteiger partial charge < -0.3 is 4.74 Å². The van der Waals surface area contributed by atoms with Gasteiger partial charge in [-0.25, -0.2) is 4.79 Å². The molecule has 0 saturated heterocycles. The normalized spacial score (nSPS) is 12.2. The molecule has 0 unspecified atom stereocenters. The Kier molecular flexibility index (Phi) is 4.74. The van der Waals surface area contributed by atoms with E-state index in [-0.39, 0.29) is 5.69 Å². The van der Waals surface area contributed by atoms with Gasteiger partial charge in [-0.05, 0) is 39.0 Å². The van der Waals surface area contributed by atoms with E-state index in [1.165, 1.54) is 19.2 Å². The number of carbonyl (C=O) groups excluding carboxylic acids is 1. The highest BCUT2D eigenvalue weighted by Crippen LogP contribution is 2.38.